The smallest absolute Gasteiger partial charge is 0.280 e. The van der Waals surface area contributed by atoms with E-state index in [1.807, 2.05) is 31.2 Å². The summed E-state index contributed by atoms with van der Waals surface area (Å²) in [4.78, 5) is 4.43. The van der Waals surface area contributed by atoms with E-state index in [0.29, 0.717) is 28.0 Å². The van der Waals surface area contributed by atoms with Gasteiger partial charge in [-0.3, -0.25) is 0 Å². The van der Waals surface area contributed by atoms with Crippen LogP contribution in [0.25, 0.3) is 28.7 Å². The average Bonchev–Trinajstić information content (AvgIpc) is 3.35. The van der Waals surface area contributed by atoms with Crippen molar-refractivity contribution in [2.45, 2.75) is 6.92 Å². The molecular weight excluding hydrogens is 382 g/mol. The van der Waals surface area contributed by atoms with Crippen molar-refractivity contribution >= 4 is 11.6 Å². The van der Waals surface area contributed by atoms with Crippen LogP contribution in [0.2, 0.25) is 5.02 Å². The molecule has 0 aliphatic rings. The lowest BCUT2D eigenvalue weighted by atomic mass is 10.2. The van der Waals surface area contributed by atoms with Crippen molar-refractivity contribution in [3.8, 4) is 40.2 Å². The molecule has 8 nitrogen and oxygen atoms in total. The topological polar surface area (TPSA) is 88.1 Å². The van der Waals surface area contributed by atoms with Gasteiger partial charge in [0.05, 0.1) is 25.6 Å². The van der Waals surface area contributed by atoms with Crippen molar-refractivity contribution in [2.24, 2.45) is 0 Å². The molecule has 0 aliphatic heterocycles. The molecule has 0 radical (unpaired) electrons. The third-order valence-electron chi connectivity index (χ3n) is 4.24. The summed E-state index contributed by atoms with van der Waals surface area (Å²) in [6.45, 7) is 1.87. The Morgan fingerprint density at radius 3 is 2.46 bits per heavy atom. The van der Waals surface area contributed by atoms with Gasteiger partial charge in [0.25, 0.3) is 5.89 Å². The fraction of sp³-hybridized carbons (Fsp3) is 0.158. The molecule has 4 rings (SSSR count). The van der Waals surface area contributed by atoms with Gasteiger partial charge in [0.1, 0.15) is 0 Å². The molecule has 4 aromatic rings. The monoisotopic (exact) mass is 397 g/mol. The number of methoxy groups -OCH3 is 2. The Morgan fingerprint density at radius 1 is 1.00 bits per heavy atom. The van der Waals surface area contributed by atoms with E-state index in [9.17, 15) is 0 Å². The summed E-state index contributed by atoms with van der Waals surface area (Å²) in [5.74, 6) is 1.97. The molecule has 9 heteroatoms. The van der Waals surface area contributed by atoms with Crippen LogP contribution in [0.4, 0.5) is 0 Å². The number of hydrogen-bond acceptors (Lipinski definition) is 7. The maximum Gasteiger partial charge on any atom is 0.280 e. The standard InChI is InChI=1S/C19H16ClN5O3/c1-11-17(19-21-18(23-28-19)12-4-6-13(20)7-5-12)22-24-25(11)14-8-9-15(26-2)16(10-14)27-3/h4-10H,1-3H3. The molecule has 0 saturated carbocycles. The van der Waals surface area contributed by atoms with Gasteiger partial charge in [0, 0.05) is 16.7 Å². The highest BCUT2D eigenvalue weighted by atomic mass is 35.5. The molecule has 0 fully saturated rings. The van der Waals surface area contributed by atoms with Crippen molar-refractivity contribution < 1.29 is 14.0 Å². The largest absolute Gasteiger partial charge is 0.493 e. The first-order valence-electron chi connectivity index (χ1n) is 8.35. The number of rotatable bonds is 5. The van der Waals surface area contributed by atoms with E-state index in [1.165, 1.54) is 0 Å². The number of halogens is 1. The summed E-state index contributed by atoms with van der Waals surface area (Å²) in [6, 6.07) is 12.7. The molecule has 2 heterocycles. The minimum absolute atomic E-state index is 0.286. The van der Waals surface area contributed by atoms with Crippen LogP contribution >= 0.6 is 11.6 Å². The first-order valence-corrected chi connectivity index (χ1v) is 8.73. The zero-order chi connectivity index (χ0) is 19.7. The summed E-state index contributed by atoms with van der Waals surface area (Å²) in [5, 5.41) is 13.1. The number of aromatic nitrogens is 5. The van der Waals surface area contributed by atoms with Crippen molar-refractivity contribution in [3.63, 3.8) is 0 Å². The van der Waals surface area contributed by atoms with E-state index in [4.69, 9.17) is 25.6 Å². The van der Waals surface area contributed by atoms with Crippen molar-refractivity contribution in [1.82, 2.24) is 25.1 Å². The highest BCUT2D eigenvalue weighted by molar-refractivity contribution is 6.30. The number of nitrogens with zero attached hydrogens (tertiary/aromatic N) is 5. The van der Waals surface area contributed by atoms with Crippen LogP contribution < -0.4 is 9.47 Å². The zero-order valence-corrected chi connectivity index (χ0v) is 16.1. The lowest BCUT2D eigenvalue weighted by molar-refractivity contribution is 0.354. The van der Waals surface area contributed by atoms with Crippen LogP contribution in [-0.4, -0.2) is 39.4 Å². The second kappa shape index (κ2) is 7.32. The predicted octanol–water partition coefficient (Wildman–Crippen LogP) is 3.96. The molecule has 0 amide bonds. The summed E-state index contributed by atoms with van der Waals surface area (Å²) >= 11 is 5.92. The summed E-state index contributed by atoms with van der Waals surface area (Å²) < 4.78 is 17.7. The van der Waals surface area contributed by atoms with E-state index in [1.54, 1.807) is 37.1 Å². The van der Waals surface area contributed by atoms with Crippen LogP contribution in [0.3, 0.4) is 0 Å². The Labute approximate surface area is 165 Å². The second-order valence-corrected chi connectivity index (χ2v) is 6.34. The molecule has 2 aromatic heterocycles. The Kier molecular flexibility index (Phi) is 4.70. The molecule has 142 valence electrons. The zero-order valence-electron chi connectivity index (χ0n) is 15.4. The van der Waals surface area contributed by atoms with Gasteiger partial charge in [-0.25, -0.2) is 4.68 Å². The molecule has 0 spiro atoms. The van der Waals surface area contributed by atoms with Crippen molar-refractivity contribution in [1.29, 1.82) is 0 Å². The average molecular weight is 398 g/mol. The van der Waals surface area contributed by atoms with Gasteiger partial charge in [0.15, 0.2) is 17.2 Å². The normalized spacial score (nSPS) is 10.9. The molecule has 0 bridgehead atoms. The number of benzene rings is 2. The van der Waals surface area contributed by atoms with Gasteiger partial charge in [0.2, 0.25) is 5.82 Å². The van der Waals surface area contributed by atoms with E-state index in [0.717, 1.165) is 16.9 Å². The van der Waals surface area contributed by atoms with Crippen LogP contribution in [0.5, 0.6) is 11.5 Å². The highest BCUT2D eigenvalue weighted by Gasteiger charge is 2.19. The third-order valence-corrected chi connectivity index (χ3v) is 4.49. The van der Waals surface area contributed by atoms with Crippen LogP contribution in [0, 0.1) is 6.92 Å². The van der Waals surface area contributed by atoms with E-state index < -0.39 is 0 Å². The minimum atomic E-state index is 0.286. The SMILES string of the molecule is COc1ccc(-n2nnc(-c3nc(-c4ccc(Cl)cc4)no3)c2C)cc1OC. The maximum absolute atomic E-state index is 5.92. The minimum Gasteiger partial charge on any atom is -0.493 e. The van der Waals surface area contributed by atoms with E-state index in [-0.39, 0.29) is 5.89 Å². The van der Waals surface area contributed by atoms with Crippen LogP contribution in [0.15, 0.2) is 47.0 Å². The fourth-order valence-electron chi connectivity index (χ4n) is 2.76. The van der Waals surface area contributed by atoms with Crippen molar-refractivity contribution in [3.05, 3.63) is 53.2 Å². The third kappa shape index (κ3) is 3.18. The Bertz CT molecular complexity index is 1120. The van der Waals surface area contributed by atoms with Gasteiger partial charge >= 0.3 is 0 Å². The summed E-state index contributed by atoms with van der Waals surface area (Å²) in [7, 11) is 3.17. The molecule has 0 N–H and O–H groups in total. The lowest BCUT2D eigenvalue weighted by Gasteiger charge is -2.10. The van der Waals surface area contributed by atoms with Gasteiger partial charge in [-0.1, -0.05) is 22.0 Å². The van der Waals surface area contributed by atoms with Crippen molar-refractivity contribution in [2.75, 3.05) is 14.2 Å². The van der Waals surface area contributed by atoms with Gasteiger partial charge in [-0.05, 0) is 43.3 Å². The van der Waals surface area contributed by atoms with Gasteiger partial charge in [-0.15, -0.1) is 5.10 Å². The second-order valence-electron chi connectivity index (χ2n) is 5.90. The maximum atomic E-state index is 5.92. The summed E-state index contributed by atoms with van der Waals surface area (Å²) in [6.07, 6.45) is 0. The Hall–Kier alpha value is -3.39. The van der Waals surface area contributed by atoms with Gasteiger partial charge in [-0.2, -0.15) is 4.98 Å². The molecule has 28 heavy (non-hydrogen) atoms. The molecule has 0 unspecified atom stereocenters. The van der Waals surface area contributed by atoms with Crippen LogP contribution in [-0.2, 0) is 0 Å². The molecule has 0 atom stereocenters. The molecule has 0 aliphatic carbocycles. The lowest BCUT2D eigenvalue weighted by Crippen LogP contribution is -2.00. The fourth-order valence-corrected chi connectivity index (χ4v) is 2.89. The molecular formula is C19H16ClN5O3. The number of hydrogen-bond donors (Lipinski definition) is 0. The van der Waals surface area contributed by atoms with Crippen LogP contribution in [0.1, 0.15) is 5.69 Å². The molecule has 0 saturated heterocycles. The van der Waals surface area contributed by atoms with E-state index in [2.05, 4.69) is 20.5 Å². The quantitative estimate of drug-likeness (QED) is 0.503. The highest BCUT2D eigenvalue weighted by Crippen LogP contribution is 2.30. The van der Waals surface area contributed by atoms with Gasteiger partial charge < -0.3 is 14.0 Å². The molecule has 2 aromatic carbocycles. The first-order chi connectivity index (χ1) is 13.6. The first kappa shape index (κ1) is 18.0. The van der Waals surface area contributed by atoms with E-state index >= 15 is 0 Å². The Balaban J connectivity index is 1.69. The number of ether oxygens (including phenoxy) is 2. The summed E-state index contributed by atoms with van der Waals surface area (Å²) in [5.41, 5.74) is 2.82. The predicted molar refractivity (Wildman–Crippen MR) is 103 cm³/mol. The Morgan fingerprint density at radius 2 is 1.75 bits per heavy atom.